The summed E-state index contributed by atoms with van der Waals surface area (Å²) < 4.78 is 75.3. The van der Waals surface area contributed by atoms with Crippen LogP contribution >= 0.6 is 0 Å². The van der Waals surface area contributed by atoms with Gasteiger partial charge in [-0.3, -0.25) is 14.6 Å². The molecule has 0 radical (unpaired) electrons. The number of nitrogens with two attached hydrogens (primary N) is 1. The molecular weight excluding hydrogens is 449 g/mol. The highest BCUT2D eigenvalue weighted by Crippen LogP contribution is 2.54. The molecule has 4 atom stereocenters. The first-order valence-corrected chi connectivity index (χ1v) is 9.73. The molecule has 33 heavy (non-hydrogen) atoms. The number of ether oxygens (including phenoxy) is 1. The van der Waals surface area contributed by atoms with Gasteiger partial charge in [0.1, 0.15) is 11.8 Å². The third kappa shape index (κ3) is 4.20. The minimum atomic E-state index is -4.87. The largest absolute Gasteiger partial charge is 0.417 e. The summed E-state index contributed by atoms with van der Waals surface area (Å²) in [6, 6.07) is 4.32. The molecule has 1 aliphatic rings. The van der Waals surface area contributed by atoms with Gasteiger partial charge in [0.05, 0.1) is 0 Å². The molecule has 3 N–H and O–H groups in total. The van der Waals surface area contributed by atoms with Gasteiger partial charge < -0.3 is 15.8 Å². The molecule has 0 aliphatic carbocycles. The second-order valence-corrected chi connectivity index (χ2v) is 7.81. The molecule has 2 amide bonds. The highest BCUT2D eigenvalue weighted by Gasteiger charge is 2.65. The Morgan fingerprint density at radius 2 is 1.94 bits per heavy atom. The average molecular weight is 469 g/mol. The van der Waals surface area contributed by atoms with E-state index in [9.17, 15) is 31.5 Å². The van der Waals surface area contributed by atoms with E-state index in [0.29, 0.717) is 0 Å². The van der Waals surface area contributed by atoms with Crippen molar-refractivity contribution in [2.45, 2.75) is 37.6 Å². The Morgan fingerprint density at radius 1 is 1.27 bits per heavy atom. The lowest BCUT2D eigenvalue weighted by Crippen LogP contribution is -2.47. The predicted molar refractivity (Wildman–Crippen MR) is 109 cm³/mol. The summed E-state index contributed by atoms with van der Waals surface area (Å²) in [5.41, 5.74) is 1.83. The van der Waals surface area contributed by atoms with E-state index in [0.717, 1.165) is 31.2 Å². The number of carbonyl (C=O) groups is 2. The maximum atomic E-state index is 14.4. The topological polar surface area (TPSA) is 94.3 Å². The Morgan fingerprint density at radius 3 is 2.52 bits per heavy atom. The van der Waals surface area contributed by atoms with Crippen molar-refractivity contribution in [3.8, 4) is 0 Å². The number of carbonyl (C=O) groups excluding carboxylic acids is 2. The molecule has 2 heterocycles. The fourth-order valence-electron chi connectivity index (χ4n) is 3.96. The summed E-state index contributed by atoms with van der Waals surface area (Å²) in [5.74, 6) is -7.05. The fraction of sp³-hybridized carbons (Fsp3) is 0.318. The van der Waals surface area contributed by atoms with Gasteiger partial charge in [0.15, 0.2) is 17.2 Å². The molecular formula is C22H20F5N3O3. The van der Waals surface area contributed by atoms with Crippen LogP contribution in [0.3, 0.4) is 0 Å². The van der Waals surface area contributed by atoms with Crippen LogP contribution in [0.15, 0.2) is 37.0 Å². The quantitative estimate of drug-likeness (QED) is 0.643. The molecule has 1 aromatic carbocycles. The van der Waals surface area contributed by atoms with Gasteiger partial charge in [0, 0.05) is 29.3 Å². The number of alkyl halides is 3. The van der Waals surface area contributed by atoms with E-state index in [-0.39, 0.29) is 22.5 Å². The monoisotopic (exact) mass is 469 g/mol. The zero-order valence-corrected chi connectivity index (χ0v) is 17.5. The van der Waals surface area contributed by atoms with Gasteiger partial charge in [-0.05, 0) is 30.7 Å². The number of halogens is 5. The standard InChI is InChI=1S/C22H20F5N3O3/c1-4-12-13(5-6-14(23)17(12)24)16-10(2)21(3,22(25,26)27)33-18(16)20(32)30-11-7-8-29-15(9-11)19(28)31/h4-10,16,18H,1H2,2-3H3,(H2,28,31)(H,29,30,32)/t10-,16-,18-,21+/m1/s1. The van der Waals surface area contributed by atoms with E-state index in [4.69, 9.17) is 10.5 Å². The van der Waals surface area contributed by atoms with Crippen LogP contribution < -0.4 is 11.1 Å². The van der Waals surface area contributed by atoms with Crippen molar-refractivity contribution < 1.29 is 36.3 Å². The Bertz CT molecular complexity index is 1120. The Labute approximate surface area is 185 Å². The Kier molecular flexibility index (Phi) is 6.29. The number of nitrogens with one attached hydrogen (secondary N) is 1. The van der Waals surface area contributed by atoms with Crippen molar-refractivity contribution in [3.63, 3.8) is 0 Å². The number of hydrogen-bond donors (Lipinski definition) is 2. The first kappa shape index (κ1) is 24.3. The summed E-state index contributed by atoms with van der Waals surface area (Å²) >= 11 is 0. The molecule has 1 aliphatic heterocycles. The van der Waals surface area contributed by atoms with E-state index in [1.807, 2.05) is 0 Å². The van der Waals surface area contributed by atoms with E-state index < -0.39 is 53.2 Å². The third-order valence-electron chi connectivity index (χ3n) is 5.94. The van der Waals surface area contributed by atoms with Gasteiger partial charge in [-0.25, -0.2) is 8.78 Å². The van der Waals surface area contributed by atoms with Crippen molar-refractivity contribution in [2.24, 2.45) is 11.7 Å². The van der Waals surface area contributed by atoms with Crippen LogP contribution in [-0.2, 0) is 9.53 Å². The van der Waals surface area contributed by atoms with E-state index >= 15 is 0 Å². The number of aromatic nitrogens is 1. The van der Waals surface area contributed by atoms with Crippen LogP contribution in [0.4, 0.5) is 27.6 Å². The fourth-order valence-corrected chi connectivity index (χ4v) is 3.96. The Hall–Kier alpha value is -3.34. The van der Waals surface area contributed by atoms with E-state index in [1.54, 1.807) is 0 Å². The van der Waals surface area contributed by atoms with Crippen molar-refractivity contribution in [1.82, 2.24) is 4.98 Å². The summed E-state index contributed by atoms with van der Waals surface area (Å²) in [6.07, 6.45) is -4.46. The lowest BCUT2D eigenvalue weighted by Gasteiger charge is -2.32. The summed E-state index contributed by atoms with van der Waals surface area (Å²) in [5, 5.41) is 2.38. The number of pyridine rings is 1. The van der Waals surface area contributed by atoms with Crippen LogP contribution in [-0.4, -0.2) is 34.7 Å². The van der Waals surface area contributed by atoms with Crippen LogP contribution in [0.25, 0.3) is 6.08 Å². The van der Waals surface area contributed by atoms with Gasteiger partial charge >= 0.3 is 6.18 Å². The minimum Gasteiger partial charge on any atom is -0.364 e. The maximum absolute atomic E-state index is 14.4. The molecule has 0 bridgehead atoms. The highest BCUT2D eigenvalue weighted by atomic mass is 19.4. The number of nitrogens with zero attached hydrogens (tertiary/aromatic N) is 1. The van der Waals surface area contributed by atoms with Gasteiger partial charge in [0.2, 0.25) is 0 Å². The van der Waals surface area contributed by atoms with Gasteiger partial charge in [-0.15, -0.1) is 0 Å². The molecule has 1 aromatic heterocycles. The number of amides is 2. The Balaban J connectivity index is 2.08. The van der Waals surface area contributed by atoms with Gasteiger partial charge in [-0.1, -0.05) is 25.6 Å². The molecule has 176 valence electrons. The number of primary amides is 1. The smallest absolute Gasteiger partial charge is 0.364 e. The number of benzene rings is 1. The van der Waals surface area contributed by atoms with Crippen molar-refractivity contribution in [1.29, 1.82) is 0 Å². The summed E-state index contributed by atoms with van der Waals surface area (Å²) in [7, 11) is 0. The van der Waals surface area contributed by atoms with E-state index in [2.05, 4.69) is 16.9 Å². The van der Waals surface area contributed by atoms with Crippen LogP contribution in [0.1, 0.15) is 41.4 Å². The average Bonchev–Trinajstić information content (AvgIpc) is 3.02. The van der Waals surface area contributed by atoms with Crippen molar-refractivity contribution >= 4 is 23.6 Å². The second kappa shape index (κ2) is 8.54. The van der Waals surface area contributed by atoms with Crippen molar-refractivity contribution in [2.75, 3.05) is 5.32 Å². The normalized spacial score (nSPS) is 25.0. The molecule has 1 fully saturated rings. The molecule has 0 unspecified atom stereocenters. The molecule has 2 aromatic rings. The number of anilines is 1. The SMILES string of the molecule is C=Cc1c([C@H]2[C@@H](C)[C@@](C)(C(F)(F)F)O[C@H]2C(=O)Nc2ccnc(C(N)=O)c2)ccc(F)c1F. The van der Waals surface area contributed by atoms with E-state index in [1.165, 1.54) is 19.2 Å². The van der Waals surface area contributed by atoms with Crippen LogP contribution in [0.2, 0.25) is 0 Å². The minimum absolute atomic E-state index is 0.0358. The van der Waals surface area contributed by atoms with Gasteiger partial charge in [-0.2, -0.15) is 13.2 Å². The number of rotatable bonds is 5. The molecule has 11 heteroatoms. The number of hydrogen-bond acceptors (Lipinski definition) is 4. The lowest BCUT2D eigenvalue weighted by molar-refractivity contribution is -0.272. The zero-order valence-electron chi connectivity index (χ0n) is 17.5. The maximum Gasteiger partial charge on any atom is 0.417 e. The highest BCUT2D eigenvalue weighted by molar-refractivity contribution is 5.97. The third-order valence-corrected chi connectivity index (χ3v) is 5.94. The molecule has 3 rings (SSSR count). The van der Waals surface area contributed by atoms with Crippen LogP contribution in [0, 0.1) is 17.6 Å². The predicted octanol–water partition coefficient (Wildman–Crippen LogP) is 4.18. The second-order valence-electron chi connectivity index (χ2n) is 7.81. The molecule has 6 nitrogen and oxygen atoms in total. The summed E-state index contributed by atoms with van der Waals surface area (Å²) in [6.45, 7) is 5.43. The van der Waals surface area contributed by atoms with Crippen LogP contribution in [0.5, 0.6) is 0 Å². The molecule has 0 saturated carbocycles. The molecule has 0 spiro atoms. The zero-order chi connectivity index (χ0) is 24.7. The first-order valence-electron chi connectivity index (χ1n) is 9.73. The summed E-state index contributed by atoms with van der Waals surface area (Å²) in [4.78, 5) is 28.1. The lowest BCUT2D eigenvalue weighted by atomic mass is 9.75. The van der Waals surface area contributed by atoms with Gasteiger partial charge in [0.25, 0.3) is 11.8 Å². The first-order chi connectivity index (χ1) is 15.3. The van der Waals surface area contributed by atoms with Crippen molar-refractivity contribution in [3.05, 3.63) is 65.5 Å². The molecule has 1 saturated heterocycles.